The molecule has 1 N–H and O–H groups in total. The van der Waals surface area contributed by atoms with Gasteiger partial charge in [0.1, 0.15) is 11.4 Å². The Balaban J connectivity index is 0.00000338. The van der Waals surface area contributed by atoms with Gasteiger partial charge in [-0.15, -0.1) is 0 Å². The van der Waals surface area contributed by atoms with E-state index in [-0.39, 0.29) is 56.5 Å². The summed E-state index contributed by atoms with van der Waals surface area (Å²) in [6, 6.07) is 3.12. The topological polar surface area (TPSA) is 137 Å². The summed E-state index contributed by atoms with van der Waals surface area (Å²) in [6.07, 6.45) is -0.956. The molecule has 1 aliphatic heterocycles. The van der Waals surface area contributed by atoms with E-state index in [1.807, 2.05) is 0 Å². The number of rotatable bonds is 4. The monoisotopic (exact) mass is 385 g/mol. The van der Waals surface area contributed by atoms with Gasteiger partial charge >= 0.3 is 51.6 Å². The first kappa shape index (κ1) is 26.1. The van der Waals surface area contributed by atoms with E-state index < -0.39 is 31.5 Å². The number of nitrogens with one attached hydrogen (secondary N) is 1. The first-order valence-electron chi connectivity index (χ1n) is 7.42. The Kier molecular flexibility index (Phi) is 9.71. The van der Waals surface area contributed by atoms with Crippen LogP contribution in [0.15, 0.2) is 18.2 Å². The summed E-state index contributed by atoms with van der Waals surface area (Å²) < 4.78 is 25.5. The van der Waals surface area contributed by atoms with Crippen LogP contribution in [0.5, 0.6) is 5.75 Å². The van der Waals surface area contributed by atoms with Crippen molar-refractivity contribution in [1.29, 1.82) is 0 Å². The molecule has 0 saturated carbocycles. The molecule has 12 heteroatoms. The minimum absolute atomic E-state index is 0. The van der Waals surface area contributed by atoms with E-state index in [2.05, 4.69) is 9.84 Å². The van der Waals surface area contributed by atoms with Crippen molar-refractivity contribution in [1.82, 2.24) is 5.32 Å². The molecule has 0 radical (unpaired) electrons. The zero-order valence-corrected chi connectivity index (χ0v) is 16.8. The Morgan fingerprint density at radius 3 is 2.52 bits per heavy atom. The van der Waals surface area contributed by atoms with Crippen molar-refractivity contribution in [3.8, 4) is 5.75 Å². The molecule has 0 bridgehead atoms. The predicted octanol–water partition coefficient (Wildman–Crippen LogP) is -5.74. The number of amides is 1. The summed E-state index contributed by atoms with van der Waals surface area (Å²) in [7, 11) is -4.34. The molecule has 9 nitrogen and oxygen atoms in total. The molecule has 1 aromatic rings. The minimum atomic E-state index is -4.34. The molecule has 0 aromatic heterocycles. The van der Waals surface area contributed by atoms with Crippen molar-refractivity contribution in [2.75, 3.05) is 0 Å². The van der Waals surface area contributed by atoms with E-state index in [4.69, 9.17) is 9.26 Å². The van der Waals surface area contributed by atoms with Gasteiger partial charge in [-0.2, -0.15) is 0 Å². The normalized spacial score (nSPS) is 19.3. The average Bonchev–Trinajstić information content (AvgIpc) is 2.44. The molecule has 2 atom stereocenters. The maximum absolute atomic E-state index is 11.7. The summed E-state index contributed by atoms with van der Waals surface area (Å²) >= 11 is 0. The van der Waals surface area contributed by atoms with E-state index in [1.54, 1.807) is 26.8 Å². The minimum Gasteiger partial charge on any atom is -0.746 e. The molecule has 1 aromatic carbocycles. The molecule has 0 saturated heterocycles. The maximum atomic E-state index is 11.7. The van der Waals surface area contributed by atoms with Gasteiger partial charge in [0, 0.05) is 5.56 Å². The van der Waals surface area contributed by atoms with E-state index in [1.165, 1.54) is 12.1 Å². The van der Waals surface area contributed by atoms with Crippen LogP contribution in [-0.4, -0.2) is 23.7 Å². The van der Waals surface area contributed by atoms with Crippen molar-refractivity contribution in [3.63, 3.8) is 0 Å². The van der Waals surface area contributed by atoms with Crippen LogP contribution in [-0.2, 0) is 31.6 Å². The van der Waals surface area contributed by atoms with Crippen LogP contribution < -0.4 is 57.6 Å². The zero-order valence-electron chi connectivity index (χ0n) is 15.9. The Bertz CT molecular complexity index is 737. The van der Waals surface area contributed by atoms with Gasteiger partial charge in [-0.3, -0.25) is 4.57 Å². The van der Waals surface area contributed by atoms with Crippen LogP contribution in [0.1, 0.15) is 31.9 Å². The number of carboxylic acids is 1. The molecule has 2 rings (SSSR count). The third-order valence-corrected chi connectivity index (χ3v) is 3.99. The van der Waals surface area contributed by atoms with E-state index >= 15 is 0 Å². The third-order valence-electron chi connectivity index (χ3n) is 3.13. The number of alkyl carbamates (subject to hydrolysis) is 1. The van der Waals surface area contributed by atoms with Gasteiger partial charge in [-0.1, -0.05) is 6.07 Å². The van der Waals surface area contributed by atoms with Crippen molar-refractivity contribution in [2.24, 2.45) is 0 Å². The predicted molar refractivity (Wildman–Crippen MR) is 81.3 cm³/mol. The third kappa shape index (κ3) is 8.33. The number of phosphoric acid groups is 1. The van der Waals surface area contributed by atoms with Gasteiger partial charge < -0.3 is 33.9 Å². The van der Waals surface area contributed by atoms with Crippen LogP contribution in [0.3, 0.4) is 0 Å². The van der Waals surface area contributed by atoms with Crippen molar-refractivity contribution in [3.05, 3.63) is 29.3 Å². The molecule has 1 amide bonds. The fourth-order valence-electron chi connectivity index (χ4n) is 2.14. The Hall–Kier alpha value is -0.895. The number of hydrogen-bond acceptors (Lipinski definition) is 8. The first-order valence-corrected chi connectivity index (χ1v) is 8.89. The summed E-state index contributed by atoms with van der Waals surface area (Å²) in [5, 5.41) is 13.5. The molecule has 1 heterocycles. The van der Waals surface area contributed by atoms with Crippen LogP contribution in [0, 0.1) is 0 Å². The second-order valence-electron chi connectivity index (χ2n) is 6.48. The van der Waals surface area contributed by atoms with Gasteiger partial charge in [0.05, 0.1) is 18.6 Å². The van der Waals surface area contributed by atoms with Gasteiger partial charge in [0.15, 0.2) is 0 Å². The van der Waals surface area contributed by atoms with Gasteiger partial charge in [0.25, 0.3) is 0 Å². The average molecular weight is 385 g/mol. The molecular weight excluding hydrogens is 367 g/mol. The van der Waals surface area contributed by atoms with Crippen LogP contribution >= 0.6 is 7.82 Å². The number of aliphatic carboxylic acids is 1. The van der Waals surface area contributed by atoms with Crippen molar-refractivity contribution >= 4 is 19.9 Å². The number of carboxylic acid groups (broad SMARTS) is 1. The second kappa shape index (κ2) is 10.0. The maximum Gasteiger partial charge on any atom is 1.00 e. The molecule has 27 heavy (non-hydrogen) atoms. The number of hydrogen-bond donors (Lipinski definition) is 1. The standard InChI is InChI=1S/C15H20NO8P.2Li/c1-15(2,3)23-14(19)16-11(13(17)18)7-9-4-5-12-10(6-9)8-22-25(20,21)24-12;;/h4-6,11H,7-8H2,1-3H3,(H,16,19)(H,17,18)(H,20,21);;/q;2*+1/p-2/t11-;;/m0../s1. The number of benzene rings is 1. The van der Waals surface area contributed by atoms with E-state index in [0.717, 1.165) is 0 Å². The SMILES string of the molecule is CC(C)(C)OC(=O)N[C@@H](Cc1ccc2c(c1)COP(=O)([O-])O2)C(=O)[O-].[Li+].[Li+]. The Labute approximate surface area is 181 Å². The quantitative estimate of drug-likeness (QED) is 0.400. The van der Waals surface area contributed by atoms with Gasteiger partial charge in [0.2, 0.25) is 0 Å². The van der Waals surface area contributed by atoms with Crippen molar-refractivity contribution in [2.45, 2.75) is 45.4 Å². The second-order valence-corrected chi connectivity index (χ2v) is 7.81. The number of carbonyl (C=O) groups is 2. The fourth-order valence-corrected chi connectivity index (χ4v) is 2.90. The molecular formula is C15H18Li2NO8P. The molecule has 0 spiro atoms. The van der Waals surface area contributed by atoms with Crippen LogP contribution in [0.2, 0.25) is 0 Å². The van der Waals surface area contributed by atoms with Gasteiger partial charge in [-0.05, 0) is 44.9 Å². The summed E-state index contributed by atoms with van der Waals surface area (Å²) in [6.45, 7) is 4.75. The van der Waals surface area contributed by atoms with Crippen LogP contribution in [0.4, 0.5) is 4.79 Å². The number of ether oxygens (including phenoxy) is 1. The zero-order chi connectivity index (χ0) is 18.8. The summed E-state index contributed by atoms with van der Waals surface area (Å²) in [4.78, 5) is 34.2. The largest absolute Gasteiger partial charge is 1.00 e. The van der Waals surface area contributed by atoms with Crippen LogP contribution in [0.25, 0.3) is 0 Å². The molecule has 1 unspecified atom stereocenters. The number of phosphoric ester groups is 1. The van der Waals surface area contributed by atoms with Crippen molar-refractivity contribution < 1.29 is 75.7 Å². The van der Waals surface area contributed by atoms with Gasteiger partial charge in [-0.25, -0.2) is 4.79 Å². The first-order chi connectivity index (χ1) is 11.5. The number of carbonyl (C=O) groups excluding carboxylic acids is 2. The molecule has 138 valence electrons. The number of fused-ring (bicyclic) bond motifs is 1. The summed E-state index contributed by atoms with van der Waals surface area (Å²) in [5.41, 5.74) is 0.209. The molecule has 0 aliphatic carbocycles. The molecule has 1 aliphatic rings. The fraction of sp³-hybridized carbons (Fsp3) is 0.467. The smallest absolute Gasteiger partial charge is 0.746 e. The van der Waals surface area contributed by atoms with E-state index in [9.17, 15) is 24.2 Å². The van der Waals surface area contributed by atoms with E-state index in [0.29, 0.717) is 11.1 Å². The molecule has 0 fully saturated rings. The Morgan fingerprint density at radius 1 is 1.33 bits per heavy atom. The Morgan fingerprint density at radius 2 is 1.96 bits per heavy atom. The summed E-state index contributed by atoms with van der Waals surface area (Å²) in [5.74, 6) is -1.35.